The highest BCUT2D eigenvalue weighted by Crippen LogP contribution is 2.31. The second-order valence-corrected chi connectivity index (χ2v) is 4.88. The summed E-state index contributed by atoms with van der Waals surface area (Å²) < 4.78 is 26.0. The van der Waals surface area contributed by atoms with Gasteiger partial charge in [0.05, 0.1) is 5.60 Å². The molecule has 1 fully saturated rings. The molecule has 0 aromatic heterocycles. The van der Waals surface area contributed by atoms with Crippen molar-refractivity contribution in [2.24, 2.45) is 0 Å². The molecule has 1 unspecified atom stereocenters. The number of rotatable bonds is 4. The van der Waals surface area contributed by atoms with Crippen LogP contribution in [0, 0.1) is 11.6 Å². The van der Waals surface area contributed by atoms with Crippen molar-refractivity contribution in [3.63, 3.8) is 0 Å². The maximum atomic E-state index is 13.0. The molecule has 4 heteroatoms. The van der Waals surface area contributed by atoms with Gasteiger partial charge in [-0.15, -0.1) is 0 Å². The number of halogens is 2. The average molecular weight is 241 g/mol. The summed E-state index contributed by atoms with van der Waals surface area (Å²) in [6.07, 6.45) is 2.63. The predicted octanol–water partition coefficient (Wildman–Crippen LogP) is 2.53. The van der Waals surface area contributed by atoms with E-state index in [1.165, 1.54) is 12.1 Å². The molecule has 94 valence electrons. The number of benzene rings is 1. The Morgan fingerprint density at radius 2 is 1.88 bits per heavy atom. The number of nitrogens with one attached hydrogen (secondary N) is 1. The summed E-state index contributed by atoms with van der Waals surface area (Å²) >= 11 is 0. The van der Waals surface area contributed by atoms with Crippen molar-refractivity contribution in [3.05, 3.63) is 35.4 Å². The van der Waals surface area contributed by atoms with Crippen molar-refractivity contribution in [1.29, 1.82) is 0 Å². The fraction of sp³-hybridized carbons (Fsp3) is 0.538. The molecule has 0 amide bonds. The highest BCUT2D eigenvalue weighted by atomic mass is 19.1. The Kier molecular flexibility index (Phi) is 3.45. The van der Waals surface area contributed by atoms with Crippen LogP contribution in [-0.4, -0.2) is 17.3 Å². The Hall–Kier alpha value is -1.00. The molecule has 17 heavy (non-hydrogen) atoms. The molecule has 2 N–H and O–H groups in total. The Balaban J connectivity index is 1.96. The quantitative estimate of drug-likeness (QED) is 0.849. The predicted molar refractivity (Wildman–Crippen MR) is 61.6 cm³/mol. The van der Waals surface area contributed by atoms with Crippen LogP contribution in [0.4, 0.5) is 8.78 Å². The lowest BCUT2D eigenvalue weighted by Crippen LogP contribution is -2.46. The first-order chi connectivity index (χ1) is 7.98. The fourth-order valence-corrected chi connectivity index (χ4v) is 2.05. The first-order valence-electron chi connectivity index (χ1n) is 5.90. The molecule has 1 aromatic rings. The van der Waals surface area contributed by atoms with E-state index < -0.39 is 17.2 Å². The standard InChI is InChI=1S/C13H17F2NO/c1-9(16-8-13(17)3-2-4-13)10-5-11(14)7-12(15)6-10/h5-7,9,16-17H,2-4,8H2,1H3. The Bertz CT molecular complexity index is 384. The minimum Gasteiger partial charge on any atom is -0.389 e. The van der Waals surface area contributed by atoms with Gasteiger partial charge in [-0.2, -0.15) is 0 Å². The highest BCUT2D eigenvalue weighted by Gasteiger charge is 2.34. The maximum Gasteiger partial charge on any atom is 0.126 e. The van der Waals surface area contributed by atoms with E-state index in [2.05, 4.69) is 5.32 Å². The Morgan fingerprint density at radius 1 is 1.29 bits per heavy atom. The second-order valence-electron chi connectivity index (χ2n) is 4.88. The highest BCUT2D eigenvalue weighted by molar-refractivity contribution is 5.21. The fourth-order valence-electron chi connectivity index (χ4n) is 2.05. The molecule has 2 rings (SSSR count). The van der Waals surface area contributed by atoms with Crippen LogP contribution in [0.15, 0.2) is 18.2 Å². The molecule has 0 aliphatic heterocycles. The van der Waals surface area contributed by atoms with Crippen LogP contribution in [0.25, 0.3) is 0 Å². The molecule has 0 saturated heterocycles. The van der Waals surface area contributed by atoms with Crippen LogP contribution >= 0.6 is 0 Å². The van der Waals surface area contributed by atoms with E-state index in [-0.39, 0.29) is 6.04 Å². The first-order valence-corrected chi connectivity index (χ1v) is 5.90. The van der Waals surface area contributed by atoms with E-state index in [4.69, 9.17) is 0 Å². The summed E-state index contributed by atoms with van der Waals surface area (Å²) in [7, 11) is 0. The Labute approximate surface area is 99.7 Å². The molecule has 1 aliphatic carbocycles. The normalized spacial score (nSPS) is 19.8. The monoisotopic (exact) mass is 241 g/mol. The Morgan fingerprint density at radius 3 is 2.35 bits per heavy atom. The summed E-state index contributed by atoms with van der Waals surface area (Å²) in [5.41, 5.74) is -0.0643. The zero-order chi connectivity index (χ0) is 12.5. The molecule has 2 nitrogen and oxygen atoms in total. The summed E-state index contributed by atoms with van der Waals surface area (Å²) in [5, 5.41) is 13.0. The van der Waals surface area contributed by atoms with Crippen molar-refractivity contribution in [1.82, 2.24) is 5.32 Å². The molecule has 1 saturated carbocycles. The molecule has 1 aliphatic rings. The van der Waals surface area contributed by atoms with Crippen LogP contribution in [0.3, 0.4) is 0 Å². The summed E-state index contributed by atoms with van der Waals surface area (Å²) in [6.45, 7) is 2.29. The minimum atomic E-state index is -0.625. The second kappa shape index (κ2) is 4.70. The van der Waals surface area contributed by atoms with Crippen molar-refractivity contribution in [2.75, 3.05) is 6.54 Å². The van der Waals surface area contributed by atoms with E-state index in [9.17, 15) is 13.9 Å². The van der Waals surface area contributed by atoms with Crippen LogP contribution in [-0.2, 0) is 0 Å². The largest absolute Gasteiger partial charge is 0.389 e. The third kappa shape index (κ3) is 3.01. The van der Waals surface area contributed by atoms with E-state index in [1.54, 1.807) is 0 Å². The third-order valence-electron chi connectivity index (χ3n) is 3.41. The summed E-state index contributed by atoms with van der Waals surface area (Å²) in [6, 6.07) is 3.30. The van der Waals surface area contributed by atoms with Crippen LogP contribution in [0.5, 0.6) is 0 Å². The third-order valence-corrected chi connectivity index (χ3v) is 3.41. The lowest BCUT2D eigenvalue weighted by Gasteiger charge is -2.37. The van der Waals surface area contributed by atoms with Gasteiger partial charge < -0.3 is 10.4 Å². The van der Waals surface area contributed by atoms with Crippen LogP contribution in [0.1, 0.15) is 37.8 Å². The lowest BCUT2D eigenvalue weighted by atomic mass is 9.80. The van der Waals surface area contributed by atoms with Gasteiger partial charge >= 0.3 is 0 Å². The van der Waals surface area contributed by atoms with Crippen molar-refractivity contribution in [2.45, 2.75) is 37.8 Å². The molecular formula is C13H17F2NO. The van der Waals surface area contributed by atoms with E-state index in [1.807, 2.05) is 6.92 Å². The van der Waals surface area contributed by atoms with Gasteiger partial charge in [-0.3, -0.25) is 0 Å². The van der Waals surface area contributed by atoms with Gasteiger partial charge in [-0.05, 0) is 43.9 Å². The van der Waals surface area contributed by atoms with Gasteiger partial charge in [-0.25, -0.2) is 8.78 Å². The van der Waals surface area contributed by atoms with Crippen molar-refractivity contribution in [3.8, 4) is 0 Å². The molecule has 1 atom stereocenters. The zero-order valence-electron chi connectivity index (χ0n) is 9.84. The smallest absolute Gasteiger partial charge is 0.126 e. The first kappa shape index (κ1) is 12.5. The topological polar surface area (TPSA) is 32.3 Å². The molecule has 0 heterocycles. The number of hydrogen-bond donors (Lipinski definition) is 2. The number of aliphatic hydroxyl groups is 1. The molecule has 1 aromatic carbocycles. The van der Waals surface area contributed by atoms with Gasteiger partial charge in [0.15, 0.2) is 0 Å². The van der Waals surface area contributed by atoms with Gasteiger partial charge in [0.25, 0.3) is 0 Å². The lowest BCUT2D eigenvalue weighted by molar-refractivity contribution is -0.0329. The van der Waals surface area contributed by atoms with Crippen LogP contribution in [0.2, 0.25) is 0 Å². The van der Waals surface area contributed by atoms with Gasteiger partial charge in [0.1, 0.15) is 11.6 Å². The summed E-state index contributed by atoms with van der Waals surface area (Å²) in [5.74, 6) is -1.15. The maximum absolute atomic E-state index is 13.0. The van der Waals surface area contributed by atoms with E-state index in [0.717, 1.165) is 25.3 Å². The molecule has 0 radical (unpaired) electrons. The van der Waals surface area contributed by atoms with Gasteiger partial charge in [-0.1, -0.05) is 0 Å². The van der Waals surface area contributed by atoms with E-state index >= 15 is 0 Å². The van der Waals surface area contributed by atoms with Crippen molar-refractivity contribution >= 4 is 0 Å². The van der Waals surface area contributed by atoms with E-state index in [0.29, 0.717) is 12.1 Å². The van der Waals surface area contributed by atoms with Gasteiger partial charge in [0, 0.05) is 18.7 Å². The van der Waals surface area contributed by atoms with Gasteiger partial charge in [0.2, 0.25) is 0 Å². The molecule has 0 bridgehead atoms. The van der Waals surface area contributed by atoms with Crippen molar-refractivity contribution < 1.29 is 13.9 Å². The zero-order valence-corrected chi connectivity index (χ0v) is 9.84. The van der Waals surface area contributed by atoms with Crippen LogP contribution < -0.4 is 5.32 Å². The number of hydrogen-bond acceptors (Lipinski definition) is 2. The summed E-state index contributed by atoms with van der Waals surface area (Å²) in [4.78, 5) is 0. The SMILES string of the molecule is CC(NCC1(O)CCC1)c1cc(F)cc(F)c1. The minimum absolute atomic E-state index is 0.176. The molecular weight excluding hydrogens is 224 g/mol. The average Bonchev–Trinajstić information content (AvgIpc) is 2.22. The molecule has 0 spiro atoms.